The maximum Gasteiger partial charge on any atom is 0.351 e. The van der Waals surface area contributed by atoms with Gasteiger partial charge in [-0.2, -0.15) is 4.98 Å². The van der Waals surface area contributed by atoms with E-state index in [1.165, 1.54) is 13.0 Å². The minimum Gasteiger partial charge on any atom is -0.462 e. The summed E-state index contributed by atoms with van der Waals surface area (Å²) in [5.74, 6) is -0.601. The molecule has 6 atom stereocenters. The highest BCUT2D eigenvalue weighted by Gasteiger charge is 2.61. The molecule has 1 aliphatic heterocycles. The lowest BCUT2D eigenvalue weighted by Gasteiger charge is -2.34. The summed E-state index contributed by atoms with van der Waals surface area (Å²) in [5.41, 5.74) is 1.63. The van der Waals surface area contributed by atoms with E-state index in [9.17, 15) is 28.6 Å². The minimum atomic E-state index is -3.91. The quantitative estimate of drug-likeness (QED) is 0.181. The van der Waals surface area contributed by atoms with Gasteiger partial charge in [0.15, 0.2) is 11.8 Å². The van der Waals surface area contributed by atoms with Gasteiger partial charge in [-0.1, -0.05) is 36.4 Å². The molecule has 2 aromatic carbocycles. The Labute approximate surface area is 244 Å². The molecule has 16 heteroatoms. The molecule has 1 unspecified atom stereocenters. The number of nitrogen functional groups attached to an aromatic ring is 1. The van der Waals surface area contributed by atoms with Crippen LogP contribution in [-0.4, -0.2) is 68.7 Å². The van der Waals surface area contributed by atoms with Gasteiger partial charge in [-0.25, -0.2) is 18.7 Å². The maximum atomic E-state index is 14.7. The number of aliphatic hydroxyl groups excluding tert-OH is 2. The molecule has 0 saturated carbocycles. The Morgan fingerprint density at radius 3 is 2.57 bits per heavy atom. The van der Waals surface area contributed by atoms with Crippen LogP contribution in [0.15, 0.2) is 59.5 Å². The second-order valence-electron chi connectivity index (χ2n) is 9.92. The summed E-state index contributed by atoms with van der Waals surface area (Å²) in [6, 6.07) is 12.4. The van der Waals surface area contributed by atoms with Crippen LogP contribution in [0.5, 0.6) is 5.75 Å². The highest BCUT2D eigenvalue weighted by Crippen LogP contribution is 2.50. The van der Waals surface area contributed by atoms with Gasteiger partial charge in [-0.15, -0.1) is 0 Å². The van der Waals surface area contributed by atoms with Gasteiger partial charge in [0.2, 0.25) is 0 Å². The summed E-state index contributed by atoms with van der Waals surface area (Å²) in [4.78, 5) is 28.4. The van der Waals surface area contributed by atoms with Crippen LogP contribution in [0.1, 0.15) is 27.0 Å². The molecule has 0 amide bonds. The fraction of sp³-hybridized carbons (Fsp3) is 0.423. The van der Waals surface area contributed by atoms with Crippen LogP contribution in [-0.2, 0) is 30.6 Å². The molecule has 0 radical (unpaired) electrons. The first kappa shape index (κ1) is 31.9. The summed E-state index contributed by atoms with van der Waals surface area (Å²) in [7, 11) is 0. The van der Waals surface area contributed by atoms with Gasteiger partial charge in [0, 0.05) is 11.6 Å². The van der Waals surface area contributed by atoms with E-state index >= 15 is 0 Å². The predicted molar refractivity (Wildman–Crippen MR) is 152 cm³/mol. The lowest BCUT2D eigenvalue weighted by Crippen LogP contribution is -2.53. The van der Waals surface area contributed by atoms with Gasteiger partial charge in [0.1, 0.15) is 29.8 Å². The number of nitrogens with one attached hydrogen (secondary N) is 1. The number of ether oxygens (including phenoxy) is 2. The lowest BCUT2D eigenvalue weighted by molar-refractivity contribution is -0.192. The summed E-state index contributed by atoms with van der Waals surface area (Å²) in [6.45, 7) is -0.269. The Morgan fingerprint density at radius 2 is 1.90 bits per heavy atom. The molecule has 2 heterocycles. The normalized spacial score (nSPS) is 24.5. The van der Waals surface area contributed by atoms with E-state index in [0.29, 0.717) is 5.39 Å². The number of fused-ring (bicyclic) bond motifs is 1. The zero-order chi connectivity index (χ0) is 30.8. The zero-order valence-electron chi connectivity index (χ0n) is 22.8. The molecule has 4 rings (SSSR count). The van der Waals surface area contributed by atoms with Crippen LogP contribution in [0, 0.1) is 0 Å². The molecular weight excluding hydrogens is 597 g/mol. The van der Waals surface area contributed by atoms with Gasteiger partial charge in [-0.3, -0.25) is 9.36 Å². The van der Waals surface area contributed by atoms with Crippen molar-refractivity contribution in [3.05, 3.63) is 65.2 Å². The Kier molecular flexibility index (Phi) is 9.62. The van der Waals surface area contributed by atoms with Crippen LogP contribution in [0.2, 0.25) is 0 Å². The van der Waals surface area contributed by atoms with Gasteiger partial charge < -0.3 is 34.5 Å². The number of halogens is 2. The fourth-order valence-electron chi connectivity index (χ4n) is 4.32. The smallest absolute Gasteiger partial charge is 0.351 e. The number of hydrogen-bond acceptors (Lipinski definition) is 11. The third-order valence-corrected chi connectivity index (χ3v) is 8.90. The van der Waals surface area contributed by atoms with Gasteiger partial charge >= 0.3 is 18.3 Å². The van der Waals surface area contributed by atoms with Crippen molar-refractivity contribution in [3.8, 4) is 5.75 Å². The molecule has 1 fully saturated rings. The molecule has 228 valence electrons. The van der Waals surface area contributed by atoms with Crippen molar-refractivity contribution >= 4 is 41.0 Å². The highest BCUT2D eigenvalue weighted by molar-refractivity contribution is 8.09. The molecule has 1 saturated heterocycles. The number of esters is 1. The molecule has 0 spiro atoms. The lowest BCUT2D eigenvalue weighted by atomic mass is 9.96. The number of aliphatic hydroxyl groups is 2. The number of benzene rings is 2. The molecular formula is C26H31F2N4O8PS. The molecule has 5 N–H and O–H groups in total. The van der Waals surface area contributed by atoms with E-state index in [1.54, 1.807) is 38.1 Å². The van der Waals surface area contributed by atoms with Crippen molar-refractivity contribution in [2.75, 3.05) is 12.3 Å². The summed E-state index contributed by atoms with van der Waals surface area (Å²) in [6.07, 6.45) is -8.79. The first-order valence-electron chi connectivity index (χ1n) is 12.8. The predicted octanol–water partition coefficient (Wildman–Crippen LogP) is 2.48. The summed E-state index contributed by atoms with van der Waals surface area (Å²) < 4.78 is 52.6. The van der Waals surface area contributed by atoms with Crippen molar-refractivity contribution in [1.29, 1.82) is 0 Å². The number of carbonyl (C=O) groups excluding carboxylic acids is 1. The van der Waals surface area contributed by atoms with Crippen LogP contribution in [0.25, 0.3) is 10.8 Å². The van der Waals surface area contributed by atoms with Crippen molar-refractivity contribution in [1.82, 2.24) is 14.6 Å². The van der Waals surface area contributed by atoms with Gasteiger partial charge in [0.25, 0.3) is 6.43 Å². The number of carbonyl (C=O) groups is 1. The average molecular weight is 629 g/mol. The monoisotopic (exact) mass is 628 g/mol. The Hall–Kier alpha value is -3.04. The summed E-state index contributed by atoms with van der Waals surface area (Å²) >= 11 is 5.68. The fourth-order valence-corrected chi connectivity index (χ4v) is 6.74. The van der Waals surface area contributed by atoms with E-state index in [0.717, 1.165) is 16.2 Å². The molecule has 1 aliphatic rings. The first-order valence-corrected chi connectivity index (χ1v) is 15.5. The molecule has 0 aliphatic carbocycles. The third-order valence-electron chi connectivity index (χ3n) is 6.44. The second kappa shape index (κ2) is 12.7. The molecule has 0 bridgehead atoms. The maximum absolute atomic E-state index is 14.7. The van der Waals surface area contributed by atoms with E-state index in [1.807, 2.05) is 18.2 Å². The van der Waals surface area contributed by atoms with Crippen molar-refractivity contribution in [2.45, 2.75) is 63.4 Å². The van der Waals surface area contributed by atoms with Gasteiger partial charge in [0.05, 0.1) is 12.7 Å². The number of anilines is 1. The van der Waals surface area contributed by atoms with E-state index in [-0.39, 0.29) is 11.6 Å². The first-order chi connectivity index (χ1) is 19.8. The largest absolute Gasteiger partial charge is 0.462 e. The number of aromatic nitrogens is 2. The Bertz CT molecular complexity index is 1540. The number of nitrogens with two attached hydrogens (primary N) is 1. The number of nitrogens with zero attached hydrogens (tertiary/aromatic N) is 2. The van der Waals surface area contributed by atoms with Crippen molar-refractivity contribution in [3.63, 3.8) is 0 Å². The second-order valence-corrected chi connectivity index (χ2v) is 13.1. The average Bonchev–Trinajstić information content (AvgIpc) is 3.18. The Morgan fingerprint density at radius 1 is 1.21 bits per heavy atom. The number of hydrogen-bond donors (Lipinski definition) is 4. The van der Waals surface area contributed by atoms with Crippen LogP contribution >= 0.6 is 6.64 Å². The van der Waals surface area contributed by atoms with Crippen molar-refractivity contribution < 1.29 is 42.3 Å². The van der Waals surface area contributed by atoms with Crippen molar-refractivity contribution in [2.24, 2.45) is 0 Å². The van der Waals surface area contributed by atoms with E-state index in [4.69, 9.17) is 36.1 Å². The standard InChI is InChI=1S/C26H31F2N4O8PS/c1-14(2)38-23(35)15(3)31-41(42,40-18-10-6-8-16-7-4-5-9-17(16)18)37-13-26(24(27)28)21(34)20(33)22(39-26)32-12-11-19(29)30-25(32)36/h4-12,14-15,20-22,24,33-34H,13H2,1-3H3,(H,31,42)(H2,29,30,36)/t15-,20-,21-,22+,26+,41?/m0/s1. The van der Waals surface area contributed by atoms with E-state index in [2.05, 4.69) is 10.1 Å². The zero-order valence-corrected chi connectivity index (χ0v) is 24.5. The molecule has 12 nitrogen and oxygen atoms in total. The molecule has 42 heavy (non-hydrogen) atoms. The summed E-state index contributed by atoms with van der Waals surface area (Å²) in [5, 5.41) is 25.6. The van der Waals surface area contributed by atoms with Crippen LogP contribution < -0.4 is 21.0 Å². The number of rotatable bonds is 11. The number of alkyl halides is 2. The minimum absolute atomic E-state index is 0.143. The van der Waals surface area contributed by atoms with Gasteiger partial charge in [-0.05, 0) is 50.1 Å². The van der Waals surface area contributed by atoms with Crippen LogP contribution in [0.3, 0.4) is 0 Å². The molecule has 1 aromatic heterocycles. The Balaban J connectivity index is 1.67. The SMILES string of the molecule is CC(C)OC(=O)[C@H](C)NP(=S)(OC[C@@]1(C(F)F)O[C@@H](n2ccc(N)nc2=O)[C@@H](O)[C@@H]1O)Oc1cccc2ccccc12. The third kappa shape index (κ3) is 6.62. The highest BCUT2D eigenvalue weighted by atomic mass is 32.5. The van der Waals surface area contributed by atoms with E-state index < -0.39 is 67.5 Å². The topological polar surface area (TPSA) is 167 Å². The van der Waals surface area contributed by atoms with Crippen LogP contribution in [0.4, 0.5) is 14.6 Å². The molecule has 3 aromatic rings.